The molecule has 0 aromatic heterocycles. The zero-order valence-corrected chi connectivity index (χ0v) is 23.4. The van der Waals surface area contributed by atoms with Crippen molar-refractivity contribution in [2.24, 2.45) is 5.92 Å². The molecule has 38 heavy (non-hydrogen) atoms. The first-order valence-electron chi connectivity index (χ1n) is 13.3. The maximum absolute atomic E-state index is 11.8. The molecular formula is C26H50N2O10. The maximum Gasteiger partial charge on any atom is 0.246 e. The fraction of sp³-hybridized carbons (Fsp3) is 0.846. The van der Waals surface area contributed by atoms with Crippen molar-refractivity contribution in [1.82, 2.24) is 10.6 Å². The number of rotatable bonds is 30. The quantitative estimate of drug-likeness (QED) is 0.0967. The van der Waals surface area contributed by atoms with E-state index in [0.29, 0.717) is 105 Å². The predicted octanol–water partition coefficient (Wildman–Crippen LogP) is 0.584. The lowest BCUT2D eigenvalue weighted by atomic mass is 10.1. The standard InChI is InChI=1S/C26H50N2O10/c1-4-24(2)5-9-33-15-17-37-21-22-38-23-26(30)28-8-11-32-10-6-25(29)27-7-12-34-16-18-36-20-19-35-14-13-31-3/h4,24H,1,5-23H2,2-3H3,(H,27,29)(H,28,30). The highest BCUT2D eigenvalue weighted by atomic mass is 16.6. The van der Waals surface area contributed by atoms with E-state index < -0.39 is 0 Å². The van der Waals surface area contributed by atoms with Gasteiger partial charge in [0.15, 0.2) is 0 Å². The van der Waals surface area contributed by atoms with Gasteiger partial charge >= 0.3 is 0 Å². The molecule has 12 heteroatoms. The third-order valence-electron chi connectivity index (χ3n) is 4.88. The van der Waals surface area contributed by atoms with Crippen molar-refractivity contribution in [3.8, 4) is 0 Å². The van der Waals surface area contributed by atoms with Crippen molar-refractivity contribution in [3.05, 3.63) is 12.7 Å². The molecule has 0 aliphatic rings. The lowest BCUT2D eigenvalue weighted by Crippen LogP contribution is -2.32. The Hall–Kier alpha value is -1.64. The van der Waals surface area contributed by atoms with Crippen LogP contribution in [0.25, 0.3) is 0 Å². The highest BCUT2D eigenvalue weighted by Crippen LogP contribution is 2.01. The van der Waals surface area contributed by atoms with E-state index in [2.05, 4.69) is 24.1 Å². The Balaban J connectivity index is 3.29. The van der Waals surface area contributed by atoms with Gasteiger partial charge in [-0.15, -0.1) is 6.58 Å². The zero-order valence-electron chi connectivity index (χ0n) is 23.4. The van der Waals surface area contributed by atoms with Gasteiger partial charge in [0.2, 0.25) is 11.8 Å². The molecule has 0 aliphatic heterocycles. The number of methoxy groups -OCH3 is 1. The first-order chi connectivity index (χ1) is 18.6. The number of hydrogen-bond acceptors (Lipinski definition) is 10. The normalized spacial score (nSPS) is 11.8. The van der Waals surface area contributed by atoms with Gasteiger partial charge in [0.1, 0.15) is 6.61 Å². The summed E-state index contributed by atoms with van der Waals surface area (Å²) in [5.41, 5.74) is 0. The average molecular weight is 551 g/mol. The van der Waals surface area contributed by atoms with E-state index in [9.17, 15) is 9.59 Å². The summed E-state index contributed by atoms with van der Waals surface area (Å²) in [6, 6.07) is 0. The monoisotopic (exact) mass is 550 g/mol. The highest BCUT2D eigenvalue weighted by Gasteiger charge is 2.03. The molecule has 0 saturated heterocycles. The minimum absolute atomic E-state index is 0.0425. The number of carbonyl (C=O) groups is 2. The van der Waals surface area contributed by atoms with Gasteiger partial charge in [-0.3, -0.25) is 9.59 Å². The summed E-state index contributed by atoms with van der Waals surface area (Å²) in [4.78, 5) is 23.5. The molecule has 0 fully saturated rings. The molecule has 2 N–H and O–H groups in total. The van der Waals surface area contributed by atoms with Crippen molar-refractivity contribution >= 4 is 11.8 Å². The first kappa shape index (κ1) is 36.4. The lowest BCUT2D eigenvalue weighted by molar-refractivity contribution is -0.127. The molecule has 0 saturated carbocycles. The van der Waals surface area contributed by atoms with Crippen LogP contribution in [0.1, 0.15) is 19.8 Å². The summed E-state index contributed by atoms with van der Waals surface area (Å²) >= 11 is 0. The number of allylic oxidation sites excluding steroid dienone is 1. The van der Waals surface area contributed by atoms with Crippen LogP contribution in [0, 0.1) is 5.92 Å². The Morgan fingerprint density at radius 2 is 1.08 bits per heavy atom. The summed E-state index contributed by atoms with van der Waals surface area (Å²) in [5.74, 6) is 0.101. The number of hydrogen-bond donors (Lipinski definition) is 2. The molecule has 12 nitrogen and oxygen atoms in total. The number of amides is 2. The van der Waals surface area contributed by atoms with E-state index in [-0.39, 0.29) is 31.4 Å². The van der Waals surface area contributed by atoms with Crippen molar-refractivity contribution in [3.63, 3.8) is 0 Å². The molecule has 0 rings (SSSR count). The second-order valence-corrected chi connectivity index (χ2v) is 8.17. The molecule has 0 spiro atoms. The fourth-order valence-electron chi connectivity index (χ4n) is 2.61. The Morgan fingerprint density at radius 1 is 0.632 bits per heavy atom. The molecule has 2 amide bonds. The van der Waals surface area contributed by atoms with Crippen LogP contribution in [0.15, 0.2) is 12.7 Å². The molecule has 0 aliphatic carbocycles. The topological polar surface area (TPSA) is 132 Å². The van der Waals surface area contributed by atoms with Gasteiger partial charge in [-0.1, -0.05) is 13.0 Å². The fourth-order valence-corrected chi connectivity index (χ4v) is 2.61. The van der Waals surface area contributed by atoms with Crippen LogP contribution >= 0.6 is 0 Å². The average Bonchev–Trinajstić information content (AvgIpc) is 2.92. The number of nitrogens with one attached hydrogen (secondary N) is 2. The van der Waals surface area contributed by atoms with Gasteiger partial charge in [0, 0.05) is 33.2 Å². The van der Waals surface area contributed by atoms with Crippen LogP contribution in [-0.2, 0) is 47.5 Å². The molecule has 224 valence electrons. The summed E-state index contributed by atoms with van der Waals surface area (Å²) in [6.45, 7) is 13.1. The first-order valence-corrected chi connectivity index (χ1v) is 13.3. The summed E-state index contributed by atoms with van der Waals surface area (Å²) in [7, 11) is 1.63. The number of ether oxygens (including phenoxy) is 8. The van der Waals surface area contributed by atoms with Crippen LogP contribution in [-0.4, -0.2) is 131 Å². The number of carbonyl (C=O) groups excluding carboxylic acids is 2. The highest BCUT2D eigenvalue weighted by molar-refractivity contribution is 5.77. The summed E-state index contributed by atoms with van der Waals surface area (Å²) in [5, 5.41) is 5.45. The van der Waals surface area contributed by atoms with Crippen molar-refractivity contribution < 1.29 is 47.5 Å². The van der Waals surface area contributed by atoms with Gasteiger partial charge < -0.3 is 48.5 Å². The van der Waals surface area contributed by atoms with E-state index in [1.54, 1.807) is 7.11 Å². The van der Waals surface area contributed by atoms with Gasteiger partial charge in [-0.05, 0) is 12.3 Å². The smallest absolute Gasteiger partial charge is 0.246 e. The largest absolute Gasteiger partial charge is 0.382 e. The zero-order chi connectivity index (χ0) is 27.9. The van der Waals surface area contributed by atoms with Crippen LogP contribution < -0.4 is 10.6 Å². The van der Waals surface area contributed by atoms with E-state index in [0.717, 1.165) is 6.42 Å². The summed E-state index contributed by atoms with van der Waals surface area (Å²) in [6.07, 6.45) is 3.09. The SMILES string of the molecule is C=CC(C)CCOCCOCCOCC(=O)NCCOCCC(=O)NCCOCCOCCOCCOC. The molecule has 0 heterocycles. The van der Waals surface area contributed by atoms with Gasteiger partial charge in [0.05, 0.1) is 85.9 Å². The minimum Gasteiger partial charge on any atom is -0.382 e. The van der Waals surface area contributed by atoms with E-state index in [1.165, 1.54) is 0 Å². The third kappa shape index (κ3) is 28.9. The summed E-state index contributed by atoms with van der Waals surface area (Å²) < 4.78 is 42.4. The Bertz CT molecular complexity index is 554. The minimum atomic E-state index is -0.230. The molecule has 1 unspecified atom stereocenters. The molecule has 0 bridgehead atoms. The Labute approximate surface area is 228 Å². The van der Waals surface area contributed by atoms with E-state index in [4.69, 9.17) is 37.9 Å². The van der Waals surface area contributed by atoms with E-state index >= 15 is 0 Å². The molecule has 0 aromatic rings. The molecule has 0 radical (unpaired) electrons. The van der Waals surface area contributed by atoms with Gasteiger partial charge in [-0.2, -0.15) is 0 Å². The predicted molar refractivity (Wildman–Crippen MR) is 142 cm³/mol. The van der Waals surface area contributed by atoms with Crippen LogP contribution in [0.2, 0.25) is 0 Å². The van der Waals surface area contributed by atoms with Crippen LogP contribution in [0.3, 0.4) is 0 Å². The molecular weight excluding hydrogens is 500 g/mol. The molecule has 1 atom stereocenters. The Morgan fingerprint density at radius 3 is 1.63 bits per heavy atom. The van der Waals surface area contributed by atoms with Crippen LogP contribution in [0.4, 0.5) is 0 Å². The van der Waals surface area contributed by atoms with Crippen molar-refractivity contribution in [2.75, 3.05) is 119 Å². The molecule has 0 aromatic carbocycles. The van der Waals surface area contributed by atoms with Crippen LogP contribution in [0.5, 0.6) is 0 Å². The second kappa shape index (κ2) is 29.9. The lowest BCUT2D eigenvalue weighted by Gasteiger charge is -2.09. The Kier molecular flexibility index (Phi) is 28.6. The van der Waals surface area contributed by atoms with Gasteiger partial charge in [0.25, 0.3) is 0 Å². The van der Waals surface area contributed by atoms with Crippen molar-refractivity contribution in [2.45, 2.75) is 19.8 Å². The maximum atomic E-state index is 11.8. The van der Waals surface area contributed by atoms with Crippen molar-refractivity contribution in [1.29, 1.82) is 0 Å². The second-order valence-electron chi connectivity index (χ2n) is 8.17. The van der Waals surface area contributed by atoms with E-state index in [1.807, 2.05) is 6.08 Å². The van der Waals surface area contributed by atoms with Gasteiger partial charge in [-0.25, -0.2) is 0 Å². The third-order valence-corrected chi connectivity index (χ3v) is 4.88.